The van der Waals surface area contributed by atoms with Gasteiger partial charge in [0.1, 0.15) is 6.04 Å². The van der Waals surface area contributed by atoms with E-state index in [1.54, 1.807) is 25.1 Å². The number of nitrogens with zero attached hydrogens (tertiary/aromatic N) is 1. The summed E-state index contributed by atoms with van der Waals surface area (Å²) in [4.78, 5) is 24.3. The van der Waals surface area contributed by atoms with Crippen molar-refractivity contribution in [1.29, 1.82) is 0 Å². The van der Waals surface area contributed by atoms with Gasteiger partial charge >= 0.3 is 5.97 Å². The molecule has 0 spiro atoms. The van der Waals surface area contributed by atoms with Gasteiger partial charge in [-0.1, -0.05) is 6.92 Å². The van der Waals surface area contributed by atoms with Crippen LogP contribution in [0.3, 0.4) is 0 Å². The number of aliphatic carboxylic acids is 1. The highest BCUT2D eigenvalue weighted by Gasteiger charge is 2.25. The summed E-state index contributed by atoms with van der Waals surface area (Å²) in [5.74, 6) is -1.35. The maximum Gasteiger partial charge on any atom is 0.326 e. The van der Waals surface area contributed by atoms with Crippen molar-refractivity contribution in [2.75, 3.05) is 12.8 Å². The molecule has 1 aromatic carbocycles. The van der Waals surface area contributed by atoms with Gasteiger partial charge in [-0.25, -0.2) is 4.79 Å². The topological polar surface area (TPSA) is 83.6 Å². The Bertz CT molecular complexity index is 476. The second kappa shape index (κ2) is 5.86. The predicted molar refractivity (Wildman–Crippen MR) is 72.4 cm³/mol. The predicted octanol–water partition coefficient (Wildman–Crippen LogP) is 1.97. The van der Waals surface area contributed by atoms with Crippen LogP contribution < -0.4 is 5.73 Å². The van der Waals surface area contributed by atoms with Gasteiger partial charge in [0.05, 0.1) is 0 Å². The molecule has 1 rings (SSSR count). The second-order valence-corrected chi connectivity index (χ2v) is 4.77. The summed E-state index contributed by atoms with van der Waals surface area (Å²) < 4.78 is 0.616. The number of halogens is 1. The van der Waals surface area contributed by atoms with Gasteiger partial charge in [-0.05, 0) is 40.5 Å². The van der Waals surface area contributed by atoms with Crippen molar-refractivity contribution in [2.45, 2.75) is 19.4 Å². The van der Waals surface area contributed by atoms with Crippen LogP contribution in [0.1, 0.15) is 23.7 Å². The Morgan fingerprint density at radius 2 is 2.11 bits per heavy atom. The van der Waals surface area contributed by atoms with Gasteiger partial charge in [0, 0.05) is 22.8 Å². The standard InChI is InChI=1S/C12H15BrN2O3/c1-3-10(12(17)18)15(2)11(16)7-4-5-9(14)8(13)6-7/h4-6,10H,3,14H2,1-2H3,(H,17,18). The Morgan fingerprint density at radius 1 is 1.50 bits per heavy atom. The van der Waals surface area contributed by atoms with Crippen LogP contribution in [-0.2, 0) is 4.79 Å². The number of carboxylic acids is 1. The van der Waals surface area contributed by atoms with E-state index in [4.69, 9.17) is 10.8 Å². The molecule has 5 nitrogen and oxygen atoms in total. The van der Waals surface area contributed by atoms with Crippen LogP contribution in [0.15, 0.2) is 22.7 Å². The normalized spacial score (nSPS) is 11.9. The van der Waals surface area contributed by atoms with E-state index >= 15 is 0 Å². The molecule has 0 aromatic heterocycles. The van der Waals surface area contributed by atoms with E-state index in [2.05, 4.69) is 15.9 Å². The highest BCUT2D eigenvalue weighted by Crippen LogP contribution is 2.21. The van der Waals surface area contributed by atoms with E-state index in [9.17, 15) is 9.59 Å². The van der Waals surface area contributed by atoms with Crippen LogP contribution >= 0.6 is 15.9 Å². The molecule has 0 saturated heterocycles. The molecule has 0 aliphatic carbocycles. The molecule has 1 atom stereocenters. The second-order valence-electron chi connectivity index (χ2n) is 3.91. The van der Waals surface area contributed by atoms with Crippen LogP contribution in [-0.4, -0.2) is 35.0 Å². The molecule has 98 valence electrons. The van der Waals surface area contributed by atoms with Gasteiger partial charge in [0.25, 0.3) is 5.91 Å². The fourth-order valence-electron chi connectivity index (χ4n) is 1.62. The molecule has 0 aliphatic rings. The van der Waals surface area contributed by atoms with Crippen molar-refractivity contribution < 1.29 is 14.7 Å². The molecule has 0 bridgehead atoms. The summed E-state index contributed by atoms with van der Waals surface area (Å²) in [6.45, 7) is 1.72. The van der Waals surface area contributed by atoms with E-state index < -0.39 is 12.0 Å². The van der Waals surface area contributed by atoms with Crippen molar-refractivity contribution in [3.05, 3.63) is 28.2 Å². The van der Waals surface area contributed by atoms with Crippen LogP contribution in [0.4, 0.5) is 5.69 Å². The Morgan fingerprint density at radius 3 is 2.56 bits per heavy atom. The zero-order valence-electron chi connectivity index (χ0n) is 10.2. The summed E-state index contributed by atoms with van der Waals surface area (Å²) in [7, 11) is 1.48. The third kappa shape index (κ3) is 3.01. The Hall–Kier alpha value is -1.56. The number of carbonyl (C=O) groups excluding carboxylic acids is 1. The number of nitrogens with two attached hydrogens (primary N) is 1. The maximum absolute atomic E-state index is 12.1. The van der Waals surface area contributed by atoms with Crippen molar-refractivity contribution in [2.24, 2.45) is 0 Å². The zero-order chi connectivity index (χ0) is 13.9. The van der Waals surface area contributed by atoms with Gasteiger partial charge in [-0.3, -0.25) is 4.79 Å². The number of hydrogen-bond acceptors (Lipinski definition) is 3. The largest absolute Gasteiger partial charge is 0.480 e. The molecule has 0 fully saturated rings. The number of anilines is 1. The van der Waals surface area contributed by atoms with Crippen molar-refractivity contribution in [3.63, 3.8) is 0 Å². The van der Waals surface area contributed by atoms with E-state index in [0.29, 0.717) is 22.1 Å². The molecule has 1 unspecified atom stereocenters. The molecule has 0 aliphatic heterocycles. The van der Waals surface area contributed by atoms with Crippen LogP contribution in [0, 0.1) is 0 Å². The maximum atomic E-state index is 12.1. The molecular weight excluding hydrogens is 300 g/mol. The van der Waals surface area contributed by atoms with Crippen molar-refractivity contribution in [3.8, 4) is 0 Å². The summed E-state index contributed by atoms with van der Waals surface area (Å²) in [5.41, 5.74) is 6.56. The smallest absolute Gasteiger partial charge is 0.326 e. The SMILES string of the molecule is CCC(C(=O)O)N(C)C(=O)c1ccc(N)c(Br)c1. The Labute approximate surface area is 114 Å². The fourth-order valence-corrected chi connectivity index (χ4v) is 2.00. The number of likely N-dealkylation sites (N-methyl/N-ethyl adjacent to an activating group) is 1. The number of nitrogen functional groups attached to an aromatic ring is 1. The summed E-state index contributed by atoms with van der Waals surface area (Å²) >= 11 is 3.23. The fraction of sp³-hybridized carbons (Fsp3) is 0.333. The monoisotopic (exact) mass is 314 g/mol. The molecular formula is C12H15BrN2O3. The molecule has 0 radical (unpaired) electrons. The van der Waals surface area contributed by atoms with Crippen LogP contribution in [0.2, 0.25) is 0 Å². The van der Waals surface area contributed by atoms with E-state index in [1.165, 1.54) is 11.9 Å². The lowest BCUT2D eigenvalue weighted by molar-refractivity contribution is -0.142. The van der Waals surface area contributed by atoms with Gasteiger partial charge in [0.15, 0.2) is 0 Å². The highest BCUT2D eigenvalue weighted by atomic mass is 79.9. The third-order valence-electron chi connectivity index (χ3n) is 2.71. The Balaban J connectivity index is 2.99. The minimum absolute atomic E-state index is 0.343. The van der Waals surface area contributed by atoms with Gasteiger partial charge in [-0.15, -0.1) is 0 Å². The molecule has 0 heterocycles. The van der Waals surface area contributed by atoms with Gasteiger partial charge in [0.2, 0.25) is 0 Å². The molecule has 1 aromatic rings. The van der Waals surface area contributed by atoms with Crippen LogP contribution in [0.25, 0.3) is 0 Å². The first-order chi connectivity index (χ1) is 8.38. The number of carboxylic acid groups (broad SMARTS) is 1. The molecule has 6 heteroatoms. The lowest BCUT2D eigenvalue weighted by Crippen LogP contribution is -2.41. The average Bonchev–Trinajstić information content (AvgIpc) is 2.32. The minimum Gasteiger partial charge on any atom is -0.480 e. The average molecular weight is 315 g/mol. The summed E-state index contributed by atoms with van der Waals surface area (Å²) in [6.07, 6.45) is 0.355. The number of amides is 1. The molecule has 3 N–H and O–H groups in total. The quantitative estimate of drug-likeness (QED) is 0.832. The number of carbonyl (C=O) groups is 2. The summed E-state index contributed by atoms with van der Waals surface area (Å²) in [6, 6.07) is 3.94. The zero-order valence-corrected chi connectivity index (χ0v) is 11.8. The van der Waals surface area contributed by atoms with Crippen molar-refractivity contribution >= 4 is 33.5 Å². The number of rotatable bonds is 4. The highest BCUT2D eigenvalue weighted by molar-refractivity contribution is 9.10. The summed E-state index contributed by atoms with van der Waals surface area (Å²) in [5, 5.41) is 9.02. The number of benzene rings is 1. The van der Waals surface area contributed by atoms with E-state index in [1.807, 2.05) is 0 Å². The first kappa shape index (κ1) is 14.5. The molecule has 1 amide bonds. The van der Waals surface area contributed by atoms with Gasteiger partial charge < -0.3 is 15.7 Å². The van der Waals surface area contributed by atoms with Crippen LogP contribution in [0.5, 0.6) is 0 Å². The third-order valence-corrected chi connectivity index (χ3v) is 3.39. The van der Waals surface area contributed by atoms with E-state index in [0.717, 1.165) is 0 Å². The lowest BCUT2D eigenvalue weighted by Gasteiger charge is -2.23. The lowest BCUT2D eigenvalue weighted by atomic mass is 10.1. The Kier molecular flexibility index (Phi) is 4.72. The minimum atomic E-state index is -1.01. The molecule has 18 heavy (non-hydrogen) atoms. The number of hydrogen-bond donors (Lipinski definition) is 2. The first-order valence-corrected chi connectivity index (χ1v) is 6.22. The van der Waals surface area contributed by atoms with Crippen molar-refractivity contribution in [1.82, 2.24) is 4.90 Å². The van der Waals surface area contributed by atoms with E-state index in [-0.39, 0.29) is 5.91 Å². The van der Waals surface area contributed by atoms with Gasteiger partial charge in [-0.2, -0.15) is 0 Å². The first-order valence-electron chi connectivity index (χ1n) is 5.43. The molecule has 0 saturated carbocycles.